The first-order chi connectivity index (χ1) is 7.30. The molecule has 1 aromatic rings. The van der Waals surface area contributed by atoms with Gasteiger partial charge in [-0.05, 0) is 24.6 Å². The zero-order valence-electron chi connectivity index (χ0n) is 9.37. The van der Waals surface area contributed by atoms with Crippen LogP contribution in [0.3, 0.4) is 0 Å². The number of rotatable bonds is 4. The molecule has 17 heavy (non-hydrogen) atoms. The molecule has 0 heterocycles. The van der Waals surface area contributed by atoms with Crippen molar-refractivity contribution in [2.24, 2.45) is 0 Å². The topological polar surface area (TPSA) is 101 Å². The number of carboxylic acid groups (broad SMARTS) is 1. The Bertz CT molecular complexity index is 510. The Hall–Kier alpha value is -0.600. The second kappa shape index (κ2) is 6.36. The van der Waals surface area contributed by atoms with Crippen molar-refractivity contribution in [1.82, 2.24) is 0 Å². The van der Waals surface area contributed by atoms with E-state index in [2.05, 4.69) is 0 Å². The molecule has 1 radical (unpaired) electrons. The van der Waals surface area contributed by atoms with Crippen LogP contribution in [-0.2, 0) is 14.9 Å². The van der Waals surface area contributed by atoms with Crippen LogP contribution in [0.1, 0.15) is 5.56 Å². The van der Waals surface area contributed by atoms with Gasteiger partial charge in [-0.15, -0.1) is 0 Å². The van der Waals surface area contributed by atoms with Gasteiger partial charge in [0.05, 0.1) is 0 Å². The summed E-state index contributed by atoms with van der Waals surface area (Å²) in [7, 11) is -4.42. The number of carboxylic acids is 1. The number of ether oxygens (including phenoxy) is 1. The van der Waals surface area contributed by atoms with Crippen LogP contribution in [0.15, 0.2) is 23.1 Å². The summed E-state index contributed by atoms with van der Waals surface area (Å²) in [5.74, 6) is -1.42. The summed E-state index contributed by atoms with van der Waals surface area (Å²) in [5, 5.41) is 8.39. The molecular weight excluding hydrogens is 259 g/mol. The van der Waals surface area contributed by atoms with E-state index in [-0.39, 0.29) is 35.3 Å². The first-order valence-electron chi connectivity index (χ1n) is 4.23. The van der Waals surface area contributed by atoms with E-state index in [0.717, 1.165) is 0 Å². The SMILES string of the molecule is Cc1ccc(OCC(=O)O)c(S(=O)(=O)O)c1.[Na]. The van der Waals surface area contributed by atoms with E-state index < -0.39 is 27.6 Å². The fraction of sp³-hybridized carbons (Fsp3) is 0.222. The second-order valence-corrected chi connectivity index (χ2v) is 4.50. The number of aliphatic carboxylic acids is 1. The van der Waals surface area contributed by atoms with Crippen molar-refractivity contribution in [3.05, 3.63) is 23.8 Å². The van der Waals surface area contributed by atoms with Gasteiger partial charge in [-0.2, -0.15) is 8.42 Å². The molecule has 0 fully saturated rings. The van der Waals surface area contributed by atoms with Gasteiger partial charge < -0.3 is 9.84 Å². The minimum Gasteiger partial charge on any atom is -0.480 e. The molecule has 8 heteroatoms. The molecule has 2 N–H and O–H groups in total. The van der Waals surface area contributed by atoms with Crippen LogP contribution in [0.25, 0.3) is 0 Å². The van der Waals surface area contributed by atoms with E-state index in [1.54, 1.807) is 13.0 Å². The second-order valence-electron chi connectivity index (χ2n) is 3.11. The van der Waals surface area contributed by atoms with Crippen LogP contribution in [0.4, 0.5) is 0 Å². The first-order valence-corrected chi connectivity index (χ1v) is 5.67. The summed E-state index contributed by atoms with van der Waals surface area (Å²) >= 11 is 0. The number of hydrogen-bond acceptors (Lipinski definition) is 4. The maximum Gasteiger partial charge on any atom is 0.341 e. The Kier molecular flexibility index (Phi) is 6.14. The smallest absolute Gasteiger partial charge is 0.341 e. The average Bonchev–Trinajstić information content (AvgIpc) is 2.14. The monoisotopic (exact) mass is 269 g/mol. The summed E-state index contributed by atoms with van der Waals surface area (Å²) in [4.78, 5) is 9.83. The van der Waals surface area contributed by atoms with Crippen LogP contribution in [-0.4, -0.2) is 60.2 Å². The zero-order chi connectivity index (χ0) is 12.3. The van der Waals surface area contributed by atoms with E-state index >= 15 is 0 Å². The maximum absolute atomic E-state index is 11.0. The standard InChI is InChI=1S/C9H10O6S.Na/c1-6-2-3-7(15-5-9(10)11)8(4-6)16(12,13)14;/h2-4H,5H2,1H3,(H,10,11)(H,12,13,14);. The Morgan fingerprint density at radius 2 is 2.00 bits per heavy atom. The van der Waals surface area contributed by atoms with Crippen molar-refractivity contribution < 1.29 is 27.6 Å². The molecule has 6 nitrogen and oxygen atoms in total. The van der Waals surface area contributed by atoms with Crippen LogP contribution < -0.4 is 4.74 Å². The quantitative estimate of drug-likeness (QED) is 0.603. The van der Waals surface area contributed by atoms with Gasteiger partial charge in [0, 0.05) is 29.6 Å². The number of benzene rings is 1. The van der Waals surface area contributed by atoms with Crippen molar-refractivity contribution in [2.75, 3.05) is 6.61 Å². The van der Waals surface area contributed by atoms with Gasteiger partial charge in [-0.3, -0.25) is 4.55 Å². The maximum atomic E-state index is 11.0. The molecule has 89 valence electrons. The van der Waals surface area contributed by atoms with E-state index in [4.69, 9.17) is 14.4 Å². The predicted octanol–water partition coefficient (Wildman–Crippen LogP) is 0.324. The first kappa shape index (κ1) is 16.4. The molecule has 1 aromatic carbocycles. The Balaban J connectivity index is 0.00000256. The van der Waals surface area contributed by atoms with Crippen LogP contribution in [0, 0.1) is 6.92 Å². The number of carbonyl (C=O) groups is 1. The van der Waals surface area contributed by atoms with Crippen LogP contribution in [0.2, 0.25) is 0 Å². The molecule has 0 unspecified atom stereocenters. The predicted molar refractivity (Wildman–Crippen MR) is 59.9 cm³/mol. The molecule has 0 amide bonds. The summed E-state index contributed by atoms with van der Waals surface area (Å²) in [5.41, 5.74) is 0.607. The molecule has 0 aliphatic heterocycles. The summed E-state index contributed by atoms with van der Waals surface area (Å²) < 4.78 is 35.6. The molecule has 0 saturated carbocycles. The fourth-order valence-electron chi connectivity index (χ4n) is 1.08. The van der Waals surface area contributed by atoms with E-state index in [1.165, 1.54) is 12.1 Å². The molecule has 0 saturated heterocycles. The van der Waals surface area contributed by atoms with Gasteiger partial charge in [-0.25, -0.2) is 4.79 Å². The van der Waals surface area contributed by atoms with E-state index in [0.29, 0.717) is 5.56 Å². The molecule has 0 spiro atoms. The van der Waals surface area contributed by atoms with E-state index in [1.807, 2.05) is 0 Å². The van der Waals surface area contributed by atoms with Crippen molar-refractivity contribution in [3.63, 3.8) is 0 Å². The fourth-order valence-corrected chi connectivity index (χ4v) is 1.79. The Morgan fingerprint density at radius 1 is 1.41 bits per heavy atom. The minimum absolute atomic E-state index is 0. The van der Waals surface area contributed by atoms with Gasteiger partial charge in [0.15, 0.2) is 6.61 Å². The Morgan fingerprint density at radius 3 is 2.47 bits per heavy atom. The third-order valence-corrected chi connectivity index (χ3v) is 2.60. The third-order valence-electron chi connectivity index (χ3n) is 1.73. The molecule has 0 bridgehead atoms. The van der Waals surface area contributed by atoms with Crippen LogP contribution >= 0.6 is 0 Å². The molecule has 0 atom stereocenters. The van der Waals surface area contributed by atoms with Crippen molar-refractivity contribution in [1.29, 1.82) is 0 Å². The van der Waals surface area contributed by atoms with Crippen molar-refractivity contribution in [2.45, 2.75) is 11.8 Å². The van der Waals surface area contributed by atoms with Crippen molar-refractivity contribution >= 4 is 45.6 Å². The normalized spacial score (nSPS) is 10.5. The van der Waals surface area contributed by atoms with Gasteiger partial charge in [0.2, 0.25) is 0 Å². The van der Waals surface area contributed by atoms with Gasteiger partial charge in [0.1, 0.15) is 10.6 Å². The summed E-state index contributed by atoms with van der Waals surface area (Å²) in [6, 6.07) is 4.04. The van der Waals surface area contributed by atoms with Gasteiger partial charge in [0.25, 0.3) is 10.1 Å². The van der Waals surface area contributed by atoms with Crippen LogP contribution in [0.5, 0.6) is 5.75 Å². The molecule has 0 aromatic heterocycles. The molecule has 0 aliphatic carbocycles. The molecule has 0 aliphatic rings. The minimum atomic E-state index is -4.42. The van der Waals surface area contributed by atoms with E-state index in [9.17, 15) is 13.2 Å². The van der Waals surface area contributed by atoms with Gasteiger partial charge >= 0.3 is 5.97 Å². The zero-order valence-corrected chi connectivity index (χ0v) is 12.2. The number of hydrogen-bond donors (Lipinski definition) is 2. The molecular formula is C9H10NaO6S. The largest absolute Gasteiger partial charge is 0.480 e. The summed E-state index contributed by atoms with van der Waals surface area (Å²) in [6.45, 7) is 0.960. The summed E-state index contributed by atoms with van der Waals surface area (Å²) in [6.07, 6.45) is 0. The third kappa shape index (κ3) is 5.05. The van der Waals surface area contributed by atoms with Gasteiger partial charge in [-0.1, -0.05) is 6.07 Å². The van der Waals surface area contributed by atoms with Crippen molar-refractivity contribution in [3.8, 4) is 5.75 Å². The average molecular weight is 269 g/mol. The Labute approximate surface area is 121 Å². The number of aryl methyl sites for hydroxylation is 1. The molecule has 1 rings (SSSR count).